The van der Waals surface area contributed by atoms with Crippen LogP contribution in [-0.2, 0) is 0 Å². The fourth-order valence-electron chi connectivity index (χ4n) is 2.78. The molecule has 0 amide bonds. The first-order valence-corrected chi connectivity index (χ1v) is 7.78. The van der Waals surface area contributed by atoms with E-state index in [4.69, 9.17) is 26.4 Å². The van der Waals surface area contributed by atoms with Gasteiger partial charge < -0.3 is 19.2 Å². The molecule has 0 unspecified atom stereocenters. The number of ether oxygens (including phenoxy) is 3. The smallest absolute Gasteiger partial charge is 0.203 e. The minimum absolute atomic E-state index is 0.177. The van der Waals surface area contributed by atoms with Crippen molar-refractivity contribution in [2.75, 3.05) is 21.3 Å². The standard InChI is InChI=1S/C18H18N2O4S/c1-9-15(10(2)21)16(12(8-19)18(25)20-9)11-6-13(22-3)17(24-5)14(7-11)23-4/h6-7H,1-5H3,(H,20,25). The normalized spacial score (nSPS) is 10.1. The molecular weight excluding hydrogens is 340 g/mol. The highest BCUT2D eigenvalue weighted by Crippen LogP contribution is 2.43. The number of carbonyl (C=O) groups is 1. The zero-order valence-corrected chi connectivity index (χ0v) is 15.5. The summed E-state index contributed by atoms with van der Waals surface area (Å²) in [5.41, 5.74) is 2.26. The summed E-state index contributed by atoms with van der Waals surface area (Å²) in [4.78, 5) is 15.1. The van der Waals surface area contributed by atoms with Crippen LogP contribution in [0.4, 0.5) is 0 Å². The van der Waals surface area contributed by atoms with Crippen LogP contribution in [0.2, 0.25) is 0 Å². The SMILES string of the molecule is COc1cc(-c2c(C(C)=O)c(C)[nH]c(=S)c2C#N)cc(OC)c1OC. The van der Waals surface area contributed by atoms with Gasteiger partial charge in [0.05, 0.1) is 26.9 Å². The zero-order chi connectivity index (χ0) is 18.7. The average Bonchev–Trinajstić information content (AvgIpc) is 2.59. The van der Waals surface area contributed by atoms with Crippen LogP contribution >= 0.6 is 12.2 Å². The Kier molecular flexibility index (Phi) is 5.45. The number of nitrogens with one attached hydrogen (secondary N) is 1. The van der Waals surface area contributed by atoms with Gasteiger partial charge in [0.15, 0.2) is 17.3 Å². The van der Waals surface area contributed by atoms with E-state index in [1.165, 1.54) is 28.3 Å². The molecule has 0 bridgehead atoms. The second kappa shape index (κ2) is 7.36. The molecule has 25 heavy (non-hydrogen) atoms. The van der Waals surface area contributed by atoms with Crippen LogP contribution in [0.15, 0.2) is 12.1 Å². The summed E-state index contributed by atoms with van der Waals surface area (Å²) in [5, 5.41) is 9.58. The van der Waals surface area contributed by atoms with Gasteiger partial charge in [-0.1, -0.05) is 12.2 Å². The van der Waals surface area contributed by atoms with Crippen LogP contribution in [0.1, 0.15) is 28.5 Å². The summed E-state index contributed by atoms with van der Waals surface area (Å²) >= 11 is 5.27. The molecule has 0 saturated carbocycles. The summed E-state index contributed by atoms with van der Waals surface area (Å²) in [6.07, 6.45) is 0. The average molecular weight is 358 g/mol. The van der Waals surface area contributed by atoms with E-state index in [9.17, 15) is 10.1 Å². The van der Waals surface area contributed by atoms with E-state index in [0.29, 0.717) is 39.6 Å². The van der Waals surface area contributed by atoms with Crippen LogP contribution in [0.25, 0.3) is 11.1 Å². The van der Waals surface area contributed by atoms with Gasteiger partial charge in [0, 0.05) is 16.8 Å². The molecular formula is C18H18N2O4S. The van der Waals surface area contributed by atoms with Gasteiger partial charge in [-0.25, -0.2) is 0 Å². The number of nitriles is 1. The molecule has 0 radical (unpaired) electrons. The maximum atomic E-state index is 12.2. The number of nitrogens with zero attached hydrogens (tertiary/aromatic N) is 1. The third-order valence-electron chi connectivity index (χ3n) is 3.82. The van der Waals surface area contributed by atoms with Gasteiger partial charge in [-0.15, -0.1) is 0 Å². The molecule has 0 aliphatic carbocycles. The van der Waals surface area contributed by atoms with E-state index >= 15 is 0 Å². The molecule has 0 spiro atoms. The van der Waals surface area contributed by atoms with Crippen molar-refractivity contribution < 1.29 is 19.0 Å². The molecule has 1 aromatic carbocycles. The number of H-pyrrole nitrogens is 1. The number of hydrogen-bond donors (Lipinski definition) is 1. The van der Waals surface area contributed by atoms with E-state index in [0.717, 1.165) is 0 Å². The number of pyridine rings is 1. The van der Waals surface area contributed by atoms with Crippen molar-refractivity contribution in [3.8, 4) is 34.4 Å². The Hall–Kier alpha value is -2.85. The van der Waals surface area contributed by atoms with Crippen LogP contribution in [0, 0.1) is 22.9 Å². The molecule has 1 N–H and O–H groups in total. The monoisotopic (exact) mass is 358 g/mol. The Morgan fingerprint density at radius 3 is 2.12 bits per heavy atom. The molecule has 130 valence electrons. The first kappa shape index (κ1) is 18.5. The van der Waals surface area contributed by atoms with Crippen molar-refractivity contribution in [1.29, 1.82) is 5.26 Å². The van der Waals surface area contributed by atoms with Crippen molar-refractivity contribution >= 4 is 18.0 Å². The number of Topliss-reactive ketones (excluding diaryl/α,β-unsaturated/α-hetero) is 1. The fraction of sp³-hybridized carbons (Fsp3) is 0.278. The number of benzene rings is 1. The Balaban J connectivity index is 2.98. The van der Waals surface area contributed by atoms with Crippen molar-refractivity contribution in [2.45, 2.75) is 13.8 Å². The number of carbonyl (C=O) groups excluding carboxylic acids is 1. The summed E-state index contributed by atoms with van der Waals surface area (Å²) in [7, 11) is 4.51. The predicted octanol–water partition coefficient (Wildman–Crippen LogP) is 3.82. The molecule has 0 saturated heterocycles. The van der Waals surface area contributed by atoms with Crippen molar-refractivity contribution in [3.05, 3.63) is 33.6 Å². The highest BCUT2D eigenvalue weighted by atomic mass is 32.1. The molecule has 1 heterocycles. The van der Waals surface area contributed by atoms with Gasteiger partial charge in [0.1, 0.15) is 10.7 Å². The molecule has 6 nitrogen and oxygen atoms in total. The largest absolute Gasteiger partial charge is 0.493 e. The van der Waals surface area contributed by atoms with Crippen molar-refractivity contribution in [1.82, 2.24) is 4.98 Å². The van der Waals surface area contributed by atoms with E-state index in [-0.39, 0.29) is 16.0 Å². The molecule has 2 aromatic rings. The topological polar surface area (TPSA) is 84.3 Å². The quantitative estimate of drug-likeness (QED) is 0.646. The predicted molar refractivity (Wildman–Crippen MR) is 96.2 cm³/mol. The summed E-state index contributed by atoms with van der Waals surface area (Å²) < 4.78 is 16.3. The Labute approximate surface area is 151 Å². The number of aromatic amines is 1. The van der Waals surface area contributed by atoms with E-state index in [1.807, 2.05) is 0 Å². The molecule has 0 aliphatic rings. The van der Waals surface area contributed by atoms with Gasteiger partial charge in [0.2, 0.25) is 5.75 Å². The highest BCUT2D eigenvalue weighted by molar-refractivity contribution is 7.71. The van der Waals surface area contributed by atoms with Gasteiger partial charge in [0.25, 0.3) is 0 Å². The van der Waals surface area contributed by atoms with Gasteiger partial charge >= 0.3 is 0 Å². The third kappa shape index (κ3) is 3.21. The Morgan fingerprint density at radius 1 is 1.16 bits per heavy atom. The summed E-state index contributed by atoms with van der Waals surface area (Å²) in [5.74, 6) is 1.09. The fourth-order valence-corrected chi connectivity index (χ4v) is 3.08. The number of rotatable bonds is 5. The number of aryl methyl sites for hydroxylation is 1. The highest BCUT2D eigenvalue weighted by Gasteiger charge is 2.22. The molecule has 1 aromatic heterocycles. The summed E-state index contributed by atoms with van der Waals surface area (Å²) in [6, 6.07) is 5.47. The van der Waals surface area contributed by atoms with Crippen LogP contribution < -0.4 is 14.2 Å². The molecule has 0 fully saturated rings. The van der Waals surface area contributed by atoms with E-state index < -0.39 is 0 Å². The van der Waals surface area contributed by atoms with Crippen LogP contribution in [0.5, 0.6) is 17.2 Å². The minimum atomic E-state index is -0.177. The first-order chi connectivity index (χ1) is 11.9. The van der Waals surface area contributed by atoms with Gasteiger partial charge in [-0.2, -0.15) is 5.26 Å². The lowest BCUT2D eigenvalue weighted by molar-refractivity contribution is 0.101. The number of methoxy groups -OCH3 is 3. The summed E-state index contributed by atoms with van der Waals surface area (Å²) in [6.45, 7) is 3.19. The molecule has 2 rings (SSSR count). The number of ketones is 1. The number of hydrogen-bond acceptors (Lipinski definition) is 6. The second-order valence-electron chi connectivity index (χ2n) is 5.29. The van der Waals surface area contributed by atoms with Crippen LogP contribution in [0.3, 0.4) is 0 Å². The Morgan fingerprint density at radius 2 is 1.72 bits per heavy atom. The second-order valence-corrected chi connectivity index (χ2v) is 5.69. The molecule has 0 aliphatic heterocycles. The minimum Gasteiger partial charge on any atom is -0.493 e. The van der Waals surface area contributed by atoms with Crippen LogP contribution in [-0.4, -0.2) is 32.1 Å². The Bertz CT molecular complexity index is 916. The molecule has 7 heteroatoms. The first-order valence-electron chi connectivity index (χ1n) is 7.37. The zero-order valence-electron chi connectivity index (χ0n) is 14.6. The lowest BCUT2D eigenvalue weighted by Gasteiger charge is -2.17. The van der Waals surface area contributed by atoms with Crippen molar-refractivity contribution in [2.24, 2.45) is 0 Å². The van der Waals surface area contributed by atoms with Crippen molar-refractivity contribution in [3.63, 3.8) is 0 Å². The maximum absolute atomic E-state index is 12.2. The molecule has 0 atom stereocenters. The lowest BCUT2D eigenvalue weighted by atomic mass is 9.92. The number of aromatic nitrogens is 1. The maximum Gasteiger partial charge on any atom is 0.203 e. The third-order valence-corrected chi connectivity index (χ3v) is 4.13. The van der Waals surface area contributed by atoms with E-state index in [1.54, 1.807) is 19.1 Å². The van der Waals surface area contributed by atoms with Gasteiger partial charge in [-0.3, -0.25) is 4.79 Å². The van der Waals surface area contributed by atoms with Gasteiger partial charge in [-0.05, 0) is 31.5 Å². The van der Waals surface area contributed by atoms with E-state index in [2.05, 4.69) is 11.1 Å². The lowest BCUT2D eigenvalue weighted by Crippen LogP contribution is -2.06.